The lowest BCUT2D eigenvalue weighted by Crippen LogP contribution is -2.59. The molecule has 136 valence electrons. The molecule has 2 unspecified atom stereocenters. The van der Waals surface area contributed by atoms with E-state index in [0.717, 1.165) is 0 Å². The summed E-state index contributed by atoms with van der Waals surface area (Å²) in [5.74, 6) is -1.94. The van der Waals surface area contributed by atoms with Gasteiger partial charge in [-0.25, -0.2) is 8.78 Å². The SMILES string of the molecule is CC1CN(C(=O)c2ccccc2F)C(C)CN1C(=O)c1ccccc1F. The van der Waals surface area contributed by atoms with Crippen LogP contribution in [0.4, 0.5) is 8.78 Å². The van der Waals surface area contributed by atoms with Gasteiger partial charge in [-0.3, -0.25) is 9.59 Å². The third-order valence-electron chi connectivity index (χ3n) is 4.72. The topological polar surface area (TPSA) is 40.6 Å². The summed E-state index contributed by atoms with van der Waals surface area (Å²) < 4.78 is 27.9. The molecule has 2 amide bonds. The third-order valence-corrected chi connectivity index (χ3v) is 4.72. The van der Waals surface area contributed by atoms with E-state index in [2.05, 4.69) is 0 Å². The lowest BCUT2D eigenvalue weighted by atomic mass is 10.0. The fourth-order valence-electron chi connectivity index (χ4n) is 3.27. The van der Waals surface area contributed by atoms with Crippen molar-refractivity contribution in [1.29, 1.82) is 0 Å². The number of carbonyl (C=O) groups is 2. The molecule has 0 saturated carbocycles. The molecule has 6 heteroatoms. The van der Waals surface area contributed by atoms with Gasteiger partial charge in [-0.2, -0.15) is 0 Å². The number of rotatable bonds is 2. The number of benzene rings is 2. The van der Waals surface area contributed by atoms with Crippen molar-refractivity contribution < 1.29 is 18.4 Å². The maximum Gasteiger partial charge on any atom is 0.257 e. The number of hydrogen-bond acceptors (Lipinski definition) is 2. The van der Waals surface area contributed by atoms with E-state index < -0.39 is 23.4 Å². The van der Waals surface area contributed by atoms with Crippen LogP contribution in [0.2, 0.25) is 0 Å². The first-order valence-corrected chi connectivity index (χ1v) is 8.51. The summed E-state index contributed by atoms with van der Waals surface area (Å²) in [6.45, 7) is 4.11. The van der Waals surface area contributed by atoms with E-state index in [1.54, 1.807) is 35.8 Å². The van der Waals surface area contributed by atoms with Crippen molar-refractivity contribution in [3.8, 4) is 0 Å². The smallest absolute Gasteiger partial charge is 0.257 e. The Morgan fingerprint density at radius 1 is 0.769 bits per heavy atom. The Balaban J connectivity index is 1.79. The van der Waals surface area contributed by atoms with Crippen molar-refractivity contribution in [3.63, 3.8) is 0 Å². The van der Waals surface area contributed by atoms with E-state index in [1.807, 2.05) is 0 Å². The second-order valence-corrected chi connectivity index (χ2v) is 6.57. The van der Waals surface area contributed by atoms with Gasteiger partial charge in [0.15, 0.2) is 0 Å². The maximum atomic E-state index is 13.9. The van der Waals surface area contributed by atoms with Gasteiger partial charge in [0.2, 0.25) is 0 Å². The molecule has 2 atom stereocenters. The highest BCUT2D eigenvalue weighted by Gasteiger charge is 2.36. The summed E-state index contributed by atoms with van der Waals surface area (Å²) in [6.07, 6.45) is 0. The van der Waals surface area contributed by atoms with Crippen LogP contribution in [0, 0.1) is 11.6 Å². The summed E-state index contributed by atoms with van der Waals surface area (Å²) in [5.41, 5.74) is 0.0286. The Bertz CT molecular complexity index is 771. The quantitative estimate of drug-likeness (QED) is 0.826. The van der Waals surface area contributed by atoms with Crippen molar-refractivity contribution >= 4 is 11.8 Å². The van der Waals surface area contributed by atoms with E-state index in [0.29, 0.717) is 0 Å². The molecule has 2 aromatic rings. The first-order valence-electron chi connectivity index (χ1n) is 8.51. The summed E-state index contributed by atoms with van der Waals surface area (Å²) in [4.78, 5) is 28.5. The standard InChI is InChI=1S/C20H20F2N2O2/c1-13-11-24(20(26)16-8-4-6-10-18(16)22)14(2)12-23(13)19(25)15-7-3-5-9-17(15)21/h3-10,13-14H,11-12H2,1-2H3. The predicted octanol–water partition coefficient (Wildman–Crippen LogP) is 3.34. The minimum atomic E-state index is -0.567. The first-order chi connectivity index (χ1) is 12.4. The van der Waals surface area contributed by atoms with Crippen LogP contribution < -0.4 is 0 Å². The third kappa shape index (κ3) is 3.31. The van der Waals surface area contributed by atoms with Crippen LogP contribution >= 0.6 is 0 Å². The number of halogens is 2. The Morgan fingerprint density at radius 2 is 1.12 bits per heavy atom. The molecule has 0 radical (unpaired) electrons. The molecule has 26 heavy (non-hydrogen) atoms. The molecule has 1 saturated heterocycles. The molecule has 0 N–H and O–H groups in total. The zero-order valence-corrected chi connectivity index (χ0v) is 14.7. The van der Waals surface area contributed by atoms with Gasteiger partial charge in [0.1, 0.15) is 11.6 Å². The van der Waals surface area contributed by atoms with E-state index in [4.69, 9.17) is 0 Å². The van der Waals surface area contributed by atoms with Gasteiger partial charge in [-0.05, 0) is 38.1 Å². The van der Waals surface area contributed by atoms with Gasteiger partial charge >= 0.3 is 0 Å². The van der Waals surface area contributed by atoms with Crippen LogP contribution in [-0.4, -0.2) is 46.8 Å². The van der Waals surface area contributed by atoms with Gasteiger partial charge < -0.3 is 9.80 Å². The molecule has 4 nitrogen and oxygen atoms in total. The lowest BCUT2D eigenvalue weighted by molar-refractivity contribution is 0.0265. The molecule has 0 aliphatic carbocycles. The second-order valence-electron chi connectivity index (χ2n) is 6.57. The van der Waals surface area contributed by atoms with Crippen molar-refractivity contribution in [2.24, 2.45) is 0 Å². The summed E-state index contributed by atoms with van der Waals surface area (Å²) in [6, 6.07) is 11.1. The minimum absolute atomic E-state index is 0.0143. The van der Waals surface area contributed by atoms with Crippen LogP contribution in [0.5, 0.6) is 0 Å². The Morgan fingerprint density at radius 3 is 1.46 bits per heavy atom. The van der Waals surface area contributed by atoms with Gasteiger partial charge in [0.25, 0.3) is 11.8 Å². The average molecular weight is 358 g/mol. The fraction of sp³-hybridized carbons (Fsp3) is 0.300. The van der Waals surface area contributed by atoms with Gasteiger partial charge in [0.05, 0.1) is 11.1 Å². The lowest BCUT2D eigenvalue weighted by Gasteiger charge is -2.44. The van der Waals surface area contributed by atoms with E-state index >= 15 is 0 Å². The molecular weight excluding hydrogens is 338 g/mol. The van der Waals surface area contributed by atoms with Crippen molar-refractivity contribution in [2.45, 2.75) is 25.9 Å². The zero-order chi connectivity index (χ0) is 18.8. The van der Waals surface area contributed by atoms with Gasteiger partial charge in [0, 0.05) is 25.2 Å². The Kier molecular flexibility index (Phi) is 5.02. The van der Waals surface area contributed by atoms with Crippen molar-refractivity contribution in [3.05, 3.63) is 71.3 Å². The normalized spacial score (nSPS) is 20.2. The number of nitrogens with zero attached hydrogens (tertiary/aromatic N) is 2. The average Bonchev–Trinajstić information content (AvgIpc) is 2.63. The summed E-state index contributed by atoms with van der Waals surface area (Å²) in [7, 11) is 0. The molecular formula is C20H20F2N2O2. The van der Waals surface area contributed by atoms with Crippen LogP contribution in [0.1, 0.15) is 34.6 Å². The maximum absolute atomic E-state index is 13.9. The van der Waals surface area contributed by atoms with E-state index in [1.165, 1.54) is 36.4 Å². The van der Waals surface area contributed by atoms with Crippen molar-refractivity contribution in [2.75, 3.05) is 13.1 Å². The molecule has 1 aliphatic heterocycles. The molecule has 0 spiro atoms. The van der Waals surface area contributed by atoms with Crippen molar-refractivity contribution in [1.82, 2.24) is 9.80 Å². The molecule has 1 fully saturated rings. The minimum Gasteiger partial charge on any atom is -0.332 e. The highest BCUT2D eigenvalue weighted by atomic mass is 19.1. The largest absolute Gasteiger partial charge is 0.332 e. The second kappa shape index (κ2) is 7.23. The zero-order valence-electron chi connectivity index (χ0n) is 14.7. The van der Waals surface area contributed by atoms with Gasteiger partial charge in [-0.1, -0.05) is 24.3 Å². The molecule has 3 rings (SSSR count). The predicted molar refractivity (Wildman–Crippen MR) is 93.8 cm³/mol. The number of piperazine rings is 1. The Labute approximate surface area is 151 Å². The molecule has 0 aromatic heterocycles. The van der Waals surface area contributed by atoms with Crippen LogP contribution in [-0.2, 0) is 0 Å². The van der Waals surface area contributed by atoms with Crippen LogP contribution in [0.25, 0.3) is 0 Å². The number of amides is 2. The highest BCUT2D eigenvalue weighted by Crippen LogP contribution is 2.22. The van der Waals surface area contributed by atoms with E-state index in [-0.39, 0.29) is 36.3 Å². The number of hydrogen-bond donors (Lipinski definition) is 0. The Hall–Kier alpha value is -2.76. The fourth-order valence-corrected chi connectivity index (χ4v) is 3.27. The summed E-state index contributed by atoms with van der Waals surface area (Å²) in [5, 5.41) is 0. The van der Waals surface area contributed by atoms with Crippen LogP contribution in [0.15, 0.2) is 48.5 Å². The number of carbonyl (C=O) groups excluding carboxylic acids is 2. The molecule has 2 aromatic carbocycles. The van der Waals surface area contributed by atoms with Gasteiger partial charge in [-0.15, -0.1) is 0 Å². The molecule has 1 heterocycles. The molecule has 0 bridgehead atoms. The molecule has 1 aliphatic rings. The summed E-state index contributed by atoms with van der Waals surface area (Å²) >= 11 is 0. The first kappa shape index (κ1) is 18.0. The van der Waals surface area contributed by atoms with E-state index in [9.17, 15) is 18.4 Å². The monoisotopic (exact) mass is 358 g/mol. The highest BCUT2D eigenvalue weighted by molar-refractivity contribution is 5.96. The van der Waals surface area contributed by atoms with Crippen LogP contribution in [0.3, 0.4) is 0 Å².